The molecule has 0 bridgehead atoms. The quantitative estimate of drug-likeness (QED) is 0.806. The number of fused-ring (bicyclic) bond motifs is 1. The second kappa shape index (κ2) is 4.43. The molecule has 2 aliphatic rings. The highest BCUT2D eigenvalue weighted by molar-refractivity contribution is 5.36. The van der Waals surface area contributed by atoms with Crippen LogP contribution in [0.5, 0.6) is 0 Å². The summed E-state index contributed by atoms with van der Waals surface area (Å²) in [6, 6.07) is 6.77. The van der Waals surface area contributed by atoms with Gasteiger partial charge < -0.3 is 10.5 Å². The number of hydrogen-bond donors (Lipinski definition) is 1. The van der Waals surface area contributed by atoms with Gasteiger partial charge in [-0.25, -0.2) is 0 Å². The molecular formula is C15H21NO. The first-order valence-corrected chi connectivity index (χ1v) is 6.77. The molecule has 2 nitrogen and oxygen atoms in total. The Hall–Kier alpha value is -0.860. The minimum Gasteiger partial charge on any atom is -0.376 e. The molecule has 1 fully saturated rings. The summed E-state index contributed by atoms with van der Waals surface area (Å²) in [5, 5.41) is 0. The molecule has 1 heterocycles. The molecule has 0 saturated heterocycles. The van der Waals surface area contributed by atoms with Crippen molar-refractivity contribution in [2.45, 2.75) is 50.7 Å². The normalized spacial score (nSPS) is 23.1. The van der Waals surface area contributed by atoms with Crippen LogP contribution in [0.4, 0.5) is 0 Å². The Labute approximate surface area is 103 Å². The number of benzene rings is 1. The van der Waals surface area contributed by atoms with Crippen LogP contribution >= 0.6 is 0 Å². The van der Waals surface area contributed by atoms with Crippen LogP contribution in [-0.4, -0.2) is 6.61 Å². The van der Waals surface area contributed by atoms with E-state index in [2.05, 4.69) is 18.2 Å². The van der Waals surface area contributed by atoms with Crippen LogP contribution in [0.25, 0.3) is 0 Å². The van der Waals surface area contributed by atoms with Gasteiger partial charge in [-0.2, -0.15) is 0 Å². The lowest BCUT2D eigenvalue weighted by Crippen LogP contribution is -2.38. The second-order valence-corrected chi connectivity index (χ2v) is 5.50. The zero-order chi connectivity index (χ0) is 11.7. The van der Waals surface area contributed by atoms with Crippen LogP contribution in [0, 0.1) is 0 Å². The summed E-state index contributed by atoms with van der Waals surface area (Å²) in [7, 11) is 0. The van der Waals surface area contributed by atoms with Gasteiger partial charge in [-0.3, -0.25) is 0 Å². The Morgan fingerprint density at radius 2 is 1.88 bits per heavy atom. The summed E-state index contributed by atoms with van der Waals surface area (Å²) in [4.78, 5) is 0. The Morgan fingerprint density at radius 1 is 1.06 bits per heavy atom. The van der Waals surface area contributed by atoms with Crippen molar-refractivity contribution in [3.63, 3.8) is 0 Å². The molecule has 1 aromatic rings. The van der Waals surface area contributed by atoms with E-state index >= 15 is 0 Å². The fourth-order valence-corrected chi connectivity index (χ4v) is 3.14. The van der Waals surface area contributed by atoms with Crippen LogP contribution in [0.1, 0.15) is 48.8 Å². The lowest BCUT2D eigenvalue weighted by molar-refractivity contribution is 0.110. The topological polar surface area (TPSA) is 35.2 Å². The average molecular weight is 231 g/mol. The highest BCUT2D eigenvalue weighted by atomic mass is 16.5. The van der Waals surface area contributed by atoms with E-state index in [0.717, 1.165) is 32.5 Å². The summed E-state index contributed by atoms with van der Waals surface area (Å²) < 4.78 is 5.48. The minimum absolute atomic E-state index is 0.0639. The first-order valence-electron chi connectivity index (χ1n) is 6.77. The molecule has 1 saturated carbocycles. The van der Waals surface area contributed by atoms with Gasteiger partial charge in [-0.15, -0.1) is 0 Å². The molecule has 0 atom stereocenters. The Morgan fingerprint density at radius 3 is 2.71 bits per heavy atom. The van der Waals surface area contributed by atoms with Crippen molar-refractivity contribution in [3.05, 3.63) is 34.9 Å². The lowest BCUT2D eigenvalue weighted by Gasteiger charge is -2.34. The van der Waals surface area contributed by atoms with Gasteiger partial charge in [0.2, 0.25) is 0 Å². The summed E-state index contributed by atoms with van der Waals surface area (Å²) in [5.41, 5.74) is 10.7. The van der Waals surface area contributed by atoms with E-state index in [-0.39, 0.29) is 5.54 Å². The number of rotatable bonds is 1. The molecule has 2 N–H and O–H groups in total. The van der Waals surface area contributed by atoms with E-state index in [0.29, 0.717) is 0 Å². The van der Waals surface area contributed by atoms with E-state index < -0.39 is 0 Å². The molecule has 0 unspecified atom stereocenters. The van der Waals surface area contributed by atoms with Gasteiger partial charge in [-0.1, -0.05) is 37.5 Å². The van der Waals surface area contributed by atoms with Crippen molar-refractivity contribution < 1.29 is 4.74 Å². The van der Waals surface area contributed by atoms with Gasteiger partial charge in [0.1, 0.15) is 0 Å². The molecule has 0 radical (unpaired) electrons. The fraction of sp³-hybridized carbons (Fsp3) is 0.600. The van der Waals surface area contributed by atoms with Gasteiger partial charge >= 0.3 is 0 Å². The van der Waals surface area contributed by atoms with Crippen molar-refractivity contribution in [2.75, 3.05) is 6.61 Å². The van der Waals surface area contributed by atoms with Crippen molar-refractivity contribution in [1.82, 2.24) is 0 Å². The second-order valence-electron chi connectivity index (χ2n) is 5.50. The monoisotopic (exact) mass is 231 g/mol. The molecule has 1 aliphatic carbocycles. The maximum Gasteiger partial charge on any atom is 0.0719 e. The predicted octanol–water partition coefficient (Wildman–Crippen LogP) is 2.88. The third kappa shape index (κ3) is 2.12. The van der Waals surface area contributed by atoms with Crippen molar-refractivity contribution in [3.8, 4) is 0 Å². The Bertz CT molecular complexity index is 407. The molecule has 2 heteroatoms. The van der Waals surface area contributed by atoms with Crippen molar-refractivity contribution >= 4 is 0 Å². The molecule has 3 rings (SSSR count). The molecule has 0 spiro atoms. The first-order chi connectivity index (χ1) is 8.28. The van der Waals surface area contributed by atoms with Gasteiger partial charge in [-0.05, 0) is 36.0 Å². The first kappa shape index (κ1) is 11.2. The van der Waals surface area contributed by atoms with Crippen LogP contribution in [0.2, 0.25) is 0 Å². The highest BCUT2D eigenvalue weighted by Crippen LogP contribution is 2.35. The van der Waals surface area contributed by atoms with Gasteiger partial charge in [0.15, 0.2) is 0 Å². The molecule has 92 valence electrons. The molecule has 17 heavy (non-hydrogen) atoms. The van der Waals surface area contributed by atoms with E-state index in [9.17, 15) is 0 Å². The van der Waals surface area contributed by atoms with E-state index in [4.69, 9.17) is 10.5 Å². The molecule has 0 amide bonds. The van der Waals surface area contributed by atoms with Crippen molar-refractivity contribution in [2.24, 2.45) is 5.73 Å². The molecule has 1 aromatic carbocycles. The van der Waals surface area contributed by atoms with E-state index in [1.165, 1.54) is 36.0 Å². The SMILES string of the molecule is NC1(c2ccc3c(c2)CCOC3)CCCCC1. The Kier molecular flexibility index (Phi) is 2.93. The lowest BCUT2D eigenvalue weighted by atomic mass is 9.76. The van der Waals surface area contributed by atoms with Crippen LogP contribution in [0.15, 0.2) is 18.2 Å². The maximum absolute atomic E-state index is 6.58. The summed E-state index contributed by atoms with van der Waals surface area (Å²) in [5.74, 6) is 0. The maximum atomic E-state index is 6.58. The van der Waals surface area contributed by atoms with E-state index in [1.54, 1.807) is 0 Å². The third-order valence-electron chi connectivity index (χ3n) is 4.30. The largest absolute Gasteiger partial charge is 0.376 e. The molecule has 1 aliphatic heterocycles. The number of hydrogen-bond acceptors (Lipinski definition) is 2. The number of nitrogens with two attached hydrogens (primary N) is 1. The van der Waals surface area contributed by atoms with Gasteiger partial charge in [0.25, 0.3) is 0 Å². The smallest absolute Gasteiger partial charge is 0.0719 e. The minimum atomic E-state index is -0.0639. The summed E-state index contributed by atoms with van der Waals surface area (Å²) >= 11 is 0. The highest BCUT2D eigenvalue weighted by Gasteiger charge is 2.29. The van der Waals surface area contributed by atoms with Crippen molar-refractivity contribution in [1.29, 1.82) is 0 Å². The average Bonchev–Trinajstić information content (AvgIpc) is 2.39. The van der Waals surface area contributed by atoms with Crippen LogP contribution < -0.4 is 5.73 Å². The zero-order valence-corrected chi connectivity index (χ0v) is 10.4. The summed E-state index contributed by atoms with van der Waals surface area (Å²) in [6.45, 7) is 1.63. The van der Waals surface area contributed by atoms with E-state index in [1.807, 2.05) is 0 Å². The van der Waals surface area contributed by atoms with Gasteiger partial charge in [0.05, 0.1) is 13.2 Å². The standard InChI is InChI=1S/C15H21NO/c16-15(7-2-1-3-8-15)14-5-4-13-11-17-9-6-12(13)10-14/h4-5,10H,1-3,6-9,11,16H2. The summed E-state index contributed by atoms with van der Waals surface area (Å²) in [6.07, 6.45) is 7.22. The third-order valence-corrected chi connectivity index (χ3v) is 4.30. The van der Waals surface area contributed by atoms with Gasteiger partial charge in [0, 0.05) is 5.54 Å². The predicted molar refractivity (Wildman–Crippen MR) is 68.8 cm³/mol. The molecule has 0 aromatic heterocycles. The zero-order valence-electron chi connectivity index (χ0n) is 10.4. The van der Waals surface area contributed by atoms with Crippen LogP contribution in [-0.2, 0) is 23.3 Å². The Balaban J connectivity index is 1.92. The number of ether oxygens (including phenoxy) is 1. The fourth-order valence-electron chi connectivity index (χ4n) is 3.14. The molecular weight excluding hydrogens is 210 g/mol. The van der Waals surface area contributed by atoms with Crippen LogP contribution in [0.3, 0.4) is 0 Å².